The van der Waals surface area contributed by atoms with Crippen molar-refractivity contribution < 1.29 is 28.7 Å². The van der Waals surface area contributed by atoms with Gasteiger partial charge in [0.1, 0.15) is 5.54 Å². The second kappa shape index (κ2) is 9.28. The molecule has 1 aromatic rings. The van der Waals surface area contributed by atoms with E-state index < -0.39 is 29.4 Å². The van der Waals surface area contributed by atoms with Gasteiger partial charge >= 0.3 is 6.09 Å². The first-order valence-electron chi connectivity index (χ1n) is 10.5. The van der Waals surface area contributed by atoms with Gasteiger partial charge in [0, 0.05) is 24.1 Å². The molecule has 2 aliphatic heterocycles. The Labute approximate surface area is 180 Å². The van der Waals surface area contributed by atoms with Crippen LogP contribution in [0.3, 0.4) is 0 Å². The van der Waals surface area contributed by atoms with Crippen LogP contribution in [0.1, 0.15) is 78.7 Å². The molecule has 2 heterocycles. The maximum Gasteiger partial charge on any atom is 0.414 e. The zero-order valence-electron chi connectivity index (χ0n) is 17.8. The van der Waals surface area contributed by atoms with Gasteiger partial charge in [-0.25, -0.2) is 4.79 Å². The number of imide groups is 2. The smallest absolute Gasteiger partial charge is 0.414 e. The number of alkyl carbamates (subject to hydrolysis) is 1. The lowest BCUT2D eigenvalue weighted by molar-refractivity contribution is -0.142. The summed E-state index contributed by atoms with van der Waals surface area (Å²) in [5, 5.41) is 4.45. The molecule has 3 rings (SSSR count). The average Bonchev–Trinajstić information content (AvgIpc) is 3.07. The van der Waals surface area contributed by atoms with Crippen LogP contribution in [-0.4, -0.2) is 46.8 Å². The van der Waals surface area contributed by atoms with Crippen LogP contribution in [0.2, 0.25) is 0 Å². The van der Waals surface area contributed by atoms with Crippen LogP contribution in [0.25, 0.3) is 0 Å². The third-order valence-electron chi connectivity index (χ3n) is 5.80. The summed E-state index contributed by atoms with van der Waals surface area (Å²) in [5.41, 5.74) is -0.0311. The molecule has 1 saturated heterocycles. The van der Waals surface area contributed by atoms with E-state index in [0.29, 0.717) is 11.1 Å². The molecule has 5 amide bonds. The molecule has 0 radical (unpaired) electrons. The molecule has 0 aliphatic carbocycles. The highest BCUT2D eigenvalue weighted by atomic mass is 16.5. The summed E-state index contributed by atoms with van der Waals surface area (Å²) < 4.78 is 5.01. The lowest BCUT2D eigenvalue weighted by Crippen LogP contribution is -2.61. The van der Waals surface area contributed by atoms with Gasteiger partial charge in [0.2, 0.25) is 5.91 Å². The van der Waals surface area contributed by atoms with Crippen LogP contribution in [0.5, 0.6) is 0 Å². The number of rotatable bonds is 7. The van der Waals surface area contributed by atoms with Crippen molar-refractivity contribution in [2.75, 3.05) is 6.61 Å². The maximum absolute atomic E-state index is 13.0. The Hall–Kier alpha value is -3.23. The van der Waals surface area contributed by atoms with Crippen molar-refractivity contribution in [3.63, 3.8) is 0 Å². The number of nitrogens with one attached hydrogen (secondary N) is 2. The first kappa shape index (κ1) is 22.5. The number of ether oxygens (including phenoxy) is 1. The average molecular weight is 429 g/mol. The van der Waals surface area contributed by atoms with Crippen LogP contribution in [0.4, 0.5) is 4.79 Å². The van der Waals surface area contributed by atoms with Crippen molar-refractivity contribution in [1.29, 1.82) is 0 Å². The molecular formula is C22H27N3O6. The summed E-state index contributed by atoms with van der Waals surface area (Å²) >= 11 is 0. The fourth-order valence-electron chi connectivity index (χ4n) is 3.79. The van der Waals surface area contributed by atoms with Gasteiger partial charge in [-0.15, -0.1) is 0 Å². The summed E-state index contributed by atoms with van der Waals surface area (Å²) in [6.07, 6.45) is 3.36. The van der Waals surface area contributed by atoms with Crippen molar-refractivity contribution in [2.24, 2.45) is 0 Å². The van der Waals surface area contributed by atoms with Crippen LogP contribution in [0.15, 0.2) is 18.2 Å². The lowest BCUT2D eigenvalue weighted by Gasteiger charge is -2.39. The van der Waals surface area contributed by atoms with Gasteiger partial charge in [-0.2, -0.15) is 0 Å². The molecule has 9 nitrogen and oxygen atoms in total. The Kier molecular flexibility index (Phi) is 6.72. The van der Waals surface area contributed by atoms with Crippen molar-refractivity contribution in [3.05, 3.63) is 34.9 Å². The highest BCUT2D eigenvalue weighted by molar-refractivity contribution is 6.09. The normalized spacial score (nSPS) is 20.3. The van der Waals surface area contributed by atoms with Crippen LogP contribution >= 0.6 is 0 Å². The molecule has 9 heteroatoms. The van der Waals surface area contributed by atoms with Gasteiger partial charge in [0.15, 0.2) is 0 Å². The Balaban J connectivity index is 1.64. The summed E-state index contributed by atoms with van der Waals surface area (Å²) in [6, 6.07) is 4.57. The Morgan fingerprint density at radius 2 is 1.97 bits per heavy atom. The number of piperidine rings is 1. The van der Waals surface area contributed by atoms with E-state index in [0.717, 1.165) is 25.7 Å². The molecule has 2 aliphatic rings. The number of hydrogen-bond acceptors (Lipinski definition) is 6. The molecule has 0 unspecified atom stereocenters. The van der Waals surface area contributed by atoms with E-state index in [9.17, 15) is 24.0 Å². The number of hydrogen-bond donors (Lipinski definition) is 2. The monoisotopic (exact) mass is 429 g/mol. The van der Waals surface area contributed by atoms with Crippen molar-refractivity contribution in [2.45, 2.75) is 64.5 Å². The lowest BCUT2D eigenvalue weighted by atomic mass is 9.89. The Bertz CT molecular complexity index is 928. The van der Waals surface area contributed by atoms with Gasteiger partial charge in [0.05, 0.1) is 6.61 Å². The van der Waals surface area contributed by atoms with Crippen molar-refractivity contribution >= 4 is 29.7 Å². The molecule has 0 spiro atoms. The van der Waals surface area contributed by atoms with E-state index in [1.807, 2.05) is 0 Å². The van der Waals surface area contributed by atoms with E-state index in [4.69, 9.17) is 4.74 Å². The standard InChI is InChI=1S/C22H27N3O6/c1-3-4-5-6-11-31-21(30)24-18(27)14-7-8-15-13-25(19(28)16(15)12-14)22(2)10-9-17(26)23-20(22)29/h7-8,12H,3-6,9-11,13H2,1-2H3,(H,23,26,29)(H,24,27,30)/t22-/m0/s1. The van der Waals surface area contributed by atoms with Crippen LogP contribution in [-0.2, 0) is 20.9 Å². The third-order valence-corrected chi connectivity index (χ3v) is 5.80. The molecule has 1 aromatic carbocycles. The largest absolute Gasteiger partial charge is 0.449 e. The molecule has 1 fully saturated rings. The summed E-state index contributed by atoms with van der Waals surface area (Å²) in [5.74, 6) is -1.93. The van der Waals surface area contributed by atoms with E-state index in [1.165, 1.54) is 17.0 Å². The molecule has 166 valence electrons. The Morgan fingerprint density at radius 1 is 1.19 bits per heavy atom. The van der Waals surface area contributed by atoms with Gasteiger partial charge in [-0.1, -0.05) is 32.3 Å². The number of carbonyl (C=O) groups is 5. The molecule has 0 saturated carbocycles. The second-order valence-corrected chi connectivity index (χ2v) is 8.07. The summed E-state index contributed by atoms with van der Waals surface area (Å²) in [7, 11) is 0. The van der Waals surface area contributed by atoms with Gasteiger partial charge in [-0.05, 0) is 37.5 Å². The quantitative estimate of drug-likeness (QED) is 0.507. The zero-order chi connectivity index (χ0) is 22.6. The van der Waals surface area contributed by atoms with E-state index >= 15 is 0 Å². The van der Waals surface area contributed by atoms with E-state index in [1.54, 1.807) is 13.0 Å². The number of nitrogens with zero attached hydrogens (tertiary/aromatic N) is 1. The predicted octanol–water partition coefficient (Wildman–Crippen LogP) is 2.28. The fourth-order valence-corrected chi connectivity index (χ4v) is 3.79. The second-order valence-electron chi connectivity index (χ2n) is 8.07. The topological polar surface area (TPSA) is 122 Å². The van der Waals surface area contributed by atoms with Gasteiger partial charge in [0.25, 0.3) is 17.7 Å². The molecule has 0 aromatic heterocycles. The number of carbonyl (C=O) groups excluding carboxylic acids is 5. The number of fused-ring (bicyclic) bond motifs is 1. The minimum atomic E-state index is -1.14. The fraction of sp³-hybridized carbons (Fsp3) is 0.500. The maximum atomic E-state index is 13.0. The van der Waals surface area contributed by atoms with Crippen LogP contribution < -0.4 is 10.6 Å². The van der Waals surface area contributed by atoms with Crippen molar-refractivity contribution in [1.82, 2.24) is 15.5 Å². The van der Waals surface area contributed by atoms with Crippen LogP contribution in [0, 0.1) is 0 Å². The zero-order valence-corrected chi connectivity index (χ0v) is 17.8. The first-order valence-corrected chi connectivity index (χ1v) is 10.5. The molecular weight excluding hydrogens is 402 g/mol. The van der Waals surface area contributed by atoms with E-state index in [2.05, 4.69) is 17.6 Å². The minimum absolute atomic E-state index is 0.144. The Morgan fingerprint density at radius 3 is 2.68 bits per heavy atom. The predicted molar refractivity (Wildman–Crippen MR) is 110 cm³/mol. The highest BCUT2D eigenvalue weighted by Crippen LogP contribution is 2.34. The summed E-state index contributed by atoms with van der Waals surface area (Å²) in [6.45, 7) is 4.15. The number of amides is 5. The molecule has 1 atom stereocenters. The molecule has 2 N–H and O–H groups in total. The van der Waals surface area contributed by atoms with E-state index in [-0.39, 0.29) is 37.5 Å². The third kappa shape index (κ3) is 4.76. The highest BCUT2D eigenvalue weighted by Gasteiger charge is 2.48. The van der Waals surface area contributed by atoms with Gasteiger partial charge in [-0.3, -0.25) is 29.8 Å². The number of unbranched alkanes of at least 4 members (excludes halogenated alkanes) is 3. The van der Waals surface area contributed by atoms with Gasteiger partial charge < -0.3 is 9.64 Å². The SMILES string of the molecule is CCCCCCOC(=O)NC(=O)c1ccc2c(c1)C(=O)N([C@@]1(C)CCC(=O)NC1=O)C2. The summed E-state index contributed by atoms with van der Waals surface area (Å²) in [4.78, 5) is 62.5. The first-order chi connectivity index (χ1) is 14.8. The number of benzene rings is 1. The molecule has 31 heavy (non-hydrogen) atoms. The molecule has 0 bridgehead atoms. The minimum Gasteiger partial charge on any atom is -0.449 e. The van der Waals surface area contributed by atoms with Crippen molar-refractivity contribution in [3.8, 4) is 0 Å².